The Kier molecular flexibility index (Phi) is 4.40. The van der Waals surface area contributed by atoms with Crippen molar-refractivity contribution in [1.29, 1.82) is 0 Å². The number of benzene rings is 1. The largest absolute Gasteiger partial charge is 0.396 e. The Morgan fingerprint density at radius 1 is 1.43 bits per heavy atom. The molecule has 21 heavy (non-hydrogen) atoms. The number of halogens is 2. The number of rotatable bonds is 5. The van der Waals surface area contributed by atoms with Crippen molar-refractivity contribution < 1.29 is 28.5 Å². The van der Waals surface area contributed by atoms with Crippen LogP contribution in [0.2, 0.25) is 0 Å². The van der Waals surface area contributed by atoms with E-state index in [4.69, 9.17) is 15.6 Å². The summed E-state index contributed by atoms with van der Waals surface area (Å²) in [4.78, 5) is 13.3. The number of aliphatic hydroxyl groups is 2. The zero-order valence-corrected chi connectivity index (χ0v) is 11.2. The lowest BCUT2D eigenvalue weighted by Crippen LogP contribution is -2.65. The summed E-state index contributed by atoms with van der Waals surface area (Å²) in [5.74, 6) is -2.97. The highest BCUT2D eigenvalue weighted by Crippen LogP contribution is 2.27. The van der Waals surface area contributed by atoms with Crippen molar-refractivity contribution in [3.05, 3.63) is 29.3 Å². The van der Waals surface area contributed by atoms with Gasteiger partial charge in [0.1, 0.15) is 5.60 Å². The van der Waals surface area contributed by atoms with Crippen LogP contribution in [0.15, 0.2) is 12.1 Å². The van der Waals surface area contributed by atoms with Crippen molar-refractivity contribution in [3.8, 4) is 0 Å². The highest BCUT2D eigenvalue weighted by atomic mass is 19.2. The molecule has 0 aromatic heterocycles. The molecule has 6 nitrogen and oxygen atoms in total. The van der Waals surface area contributed by atoms with Gasteiger partial charge in [-0.1, -0.05) is 0 Å². The first-order chi connectivity index (χ1) is 9.88. The van der Waals surface area contributed by atoms with Gasteiger partial charge in [0.25, 0.3) is 5.91 Å². The number of carbonyl (C=O) groups excluding carboxylic acids is 1. The molecule has 4 N–H and O–H groups in total. The van der Waals surface area contributed by atoms with Crippen LogP contribution in [0.1, 0.15) is 10.4 Å². The number of likely N-dealkylation sites (tertiary alicyclic amines) is 1. The molecule has 0 aliphatic carbocycles. The second kappa shape index (κ2) is 5.92. The van der Waals surface area contributed by atoms with Crippen molar-refractivity contribution >= 4 is 11.6 Å². The van der Waals surface area contributed by atoms with Gasteiger partial charge in [0.2, 0.25) is 0 Å². The number of nitrogens with zero attached hydrogens (tertiary/aromatic N) is 1. The summed E-state index contributed by atoms with van der Waals surface area (Å²) in [6, 6.07) is 1.94. The van der Waals surface area contributed by atoms with E-state index in [0.717, 1.165) is 12.1 Å². The van der Waals surface area contributed by atoms with Crippen molar-refractivity contribution in [1.82, 2.24) is 4.90 Å². The van der Waals surface area contributed by atoms with Gasteiger partial charge in [-0.05, 0) is 12.1 Å². The molecular formula is C13H16F2N2O4. The Hall–Kier alpha value is -1.77. The summed E-state index contributed by atoms with van der Waals surface area (Å²) in [7, 11) is 0. The van der Waals surface area contributed by atoms with Crippen LogP contribution in [0, 0.1) is 11.6 Å². The van der Waals surface area contributed by atoms with Crippen molar-refractivity contribution in [3.63, 3.8) is 0 Å². The summed E-state index contributed by atoms with van der Waals surface area (Å²) < 4.78 is 31.3. The summed E-state index contributed by atoms with van der Waals surface area (Å²) >= 11 is 0. The topological polar surface area (TPSA) is 96.0 Å². The number of nitrogen functional groups attached to an aromatic ring is 1. The number of hydrogen-bond donors (Lipinski definition) is 3. The molecule has 1 aliphatic heterocycles. The highest BCUT2D eigenvalue weighted by Gasteiger charge is 2.44. The molecular weight excluding hydrogens is 286 g/mol. The number of amides is 1. The SMILES string of the molecule is Nc1c(C(=O)N2CC(O)(COCCO)C2)ccc(F)c1F. The minimum Gasteiger partial charge on any atom is -0.396 e. The Morgan fingerprint density at radius 3 is 2.71 bits per heavy atom. The number of ether oxygens (including phenoxy) is 1. The number of nitrogens with two attached hydrogens (primary N) is 1. The van der Waals surface area contributed by atoms with E-state index in [1.54, 1.807) is 0 Å². The van der Waals surface area contributed by atoms with Crippen molar-refractivity contribution in [2.75, 3.05) is 38.6 Å². The molecule has 0 bridgehead atoms. The number of aliphatic hydroxyl groups excluding tert-OH is 1. The Labute approximate surface area is 119 Å². The fourth-order valence-electron chi connectivity index (χ4n) is 2.15. The van der Waals surface area contributed by atoms with E-state index in [2.05, 4.69) is 0 Å². The van der Waals surface area contributed by atoms with Gasteiger partial charge in [0, 0.05) is 0 Å². The van der Waals surface area contributed by atoms with E-state index in [9.17, 15) is 18.7 Å². The summed E-state index contributed by atoms with van der Waals surface area (Å²) in [5, 5.41) is 18.6. The Balaban J connectivity index is 1.99. The molecule has 0 atom stereocenters. The molecule has 2 rings (SSSR count). The van der Waals surface area contributed by atoms with Gasteiger partial charge in [-0.25, -0.2) is 8.78 Å². The Morgan fingerprint density at radius 2 is 2.10 bits per heavy atom. The van der Waals surface area contributed by atoms with Crippen LogP contribution in [0.25, 0.3) is 0 Å². The van der Waals surface area contributed by atoms with Crippen LogP contribution >= 0.6 is 0 Å². The second-order valence-electron chi connectivity index (χ2n) is 4.98. The summed E-state index contributed by atoms with van der Waals surface area (Å²) in [6.45, 7) is -0.105. The maximum absolute atomic E-state index is 13.3. The molecule has 0 unspecified atom stereocenters. The van der Waals surface area contributed by atoms with Gasteiger partial charge < -0.3 is 25.6 Å². The first-order valence-corrected chi connectivity index (χ1v) is 6.32. The molecule has 1 fully saturated rings. The fraction of sp³-hybridized carbons (Fsp3) is 0.462. The van der Waals surface area contributed by atoms with E-state index in [1.165, 1.54) is 4.90 Å². The van der Waals surface area contributed by atoms with Crippen LogP contribution in [0.4, 0.5) is 14.5 Å². The molecule has 0 saturated carbocycles. The minimum atomic E-state index is -1.26. The predicted octanol–water partition coefficient (Wildman–Crippen LogP) is -0.257. The molecule has 0 radical (unpaired) electrons. The van der Waals surface area contributed by atoms with Crippen LogP contribution < -0.4 is 5.73 Å². The van der Waals surface area contributed by atoms with E-state index in [-0.39, 0.29) is 38.5 Å². The first-order valence-electron chi connectivity index (χ1n) is 6.32. The number of β-amino-alcohol motifs (C(OH)–C–C–N with tert-alkyl or cyclic N) is 1. The lowest BCUT2D eigenvalue weighted by atomic mass is 9.94. The molecule has 8 heteroatoms. The number of hydrogen-bond acceptors (Lipinski definition) is 5. The molecule has 1 heterocycles. The van der Waals surface area contributed by atoms with Gasteiger partial charge in [0.05, 0.1) is 44.2 Å². The normalized spacial score (nSPS) is 16.7. The average molecular weight is 302 g/mol. The molecule has 1 saturated heterocycles. The standard InChI is InChI=1S/C13H16F2N2O4/c14-9-2-1-8(11(16)10(9)15)12(19)17-5-13(20,6-17)7-21-4-3-18/h1-2,18,20H,3-7,16H2. The average Bonchev–Trinajstić information content (AvgIpc) is 2.42. The lowest BCUT2D eigenvalue weighted by molar-refractivity contribution is -0.127. The monoisotopic (exact) mass is 302 g/mol. The van der Waals surface area contributed by atoms with Gasteiger partial charge in [-0.2, -0.15) is 0 Å². The summed E-state index contributed by atoms with van der Waals surface area (Å²) in [5.41, 5.74) is 3.50. The van der Waals surface area contributed by atoms with Crippen LogP contribution in [0.3, 0.4) is 0 Å². The first kappa shape index (κ1) is 15.6. The molecule has 0 spiro atoms. The molecule has 1 aromatic rings. The van der Waals surface area contributed by atoms with Gasteiger partial charge in [0.15, 0.2) is 11.6 Å². The fourth-order valence-corrected chi connectivity index (χ4v) is 2.15. The number of anilines is 1. The zero-order chi connectivity index (χ0) is 15.6. The van der Waals surface area contributed by atoms with Crippen molar-refractivity contribution in [2.45, 2.75) is 5.60 Å². The second-order valence-corrected chi connectivity index (χ2v) is 4.98. The Bertz CT molecular complexity index is 547. The maximum Gasteiger partial charge on any atom is 0.256 e. The number of carbonyl (C=O) groups is 1. The molecule has 1 amide bonds. The third-order valence-corrected chi connectivity index (χ3v) is 3.23. The van der Waals surface area contributed by atoms with Crippen LogP contribution in [0.5, 0.6) is 0 Å². The van der Waals surface area contributed by atoms with Gasteiger partial charge in [-0.3, -0.25) is 4.79 Å². The zero-order valence-electron chi connectivity index (χ0n) is 11.2. The molecule has 1 aromatic carbocycles. The lowest BCUT2D eigenvalue weighted by Gasteiger charge is -2.46. The van der Waals surface area contributed by atoms with E-state index >= 15 is 0 Å². The van der Waals surface area contributed by atoms with Crippen LogP contribution in [-0.2, 0) is 4.74 Å². The quantitative estimate of drug-likeness (QED) is 0.514. The molecule has 1 aliphatic rings. The third kappa shape index (κ3) is 3.12. The van der Waals surface area contributed by atoms with Gasteiger partial charge >= 0.3 is 0 Å². The predicted molar refractivity (Wildman–Crippen MR) is 69.5 cm³/mol. The summed E-state index contributed by atoms with van der Waals surface area (Å²) in [6.07, 6.45) is 0. The van der Waals surface area contributed by atoms with E-state index in [0.29, 0.717) is 0 Å². The third-order valence-electron chi connectivity index (χ3n) is 3.23. The van der Waals surface area contributed by atoms with Crippen molar-refractivity contribution in [2.24, 2.45) is 0 Å². The molecule has 116 valence electrons. The smallest absolute Gasteiger partial charge is 0.256 e. The highest BCUT2D eigenvalue weighted by molar-refractivity contribution is 5.99. The maximum atomic E-state index is 13.3. The van der Waals surface area contributed by atoms with Gasteiger partial charge in [-0.15, -0.1) is 0 Å². The van der Waals surface area contributed by atoms with E-state index < -0.39 is 28.8 Å². The van der Waals surface area contributed by atoms with Crippen LogP contribution in [-0.4, -0.2) is 59.5 Å². The minimum absolute atomic E-state index is 0.00427. The van der Waals surface area contributed by atoms with E-state index in [1.807, 2.05) is 0 Å².